The van der Waals surface area contributed by atoms with Gasteiger partial charge in [-0.3, -0.25) is 14.7 Å². The summed E-state index contributed by atoms with van der Waals surface area (Å²) in [6, 6.07) is 1.79. The predicted octanol–water partition coefficient (Wildman–Crippen LogP) is 1.86. The zero-order valence-electron chi connectivity index (χ0n) is 14.5. The lowest BCUT2D eigenvalue weighted by molar-refractivity contribution is 0.0749. The summed E-state index contributed by atoms with van der Waals surface area (Å²) >= 11 is 0. The summed E-state index contributed by atoms with van der Waals surface area (Å²) in [4.78, 5) is 28.4. The van der Waals surface area contributed by atoms with Crippen molar-refractivity contribution in [1.82, 2.24) is 24.8 Å². The van der Waals surface area contributed by atoms with Crippen LogP contribution in [0.2, 0.25) is 0 Å². The van der Waals surface area contributed by atoms with Gasteiger partial charge in [-0.05, 0) is 25.0 Å². The lowest BCUT2D eigenvalue weighted by Gasteiger charge is -2.28. The lowest BCUT2D eigenvalue weighted by atomic mass is 10.1. The maximum atomic E-state index is 14.0. The molecular weight excluding hydrogens is 321 g/mol. The number of likely N-dealkylation sites (tertiary alicyclic amines) is 1. The Morgan fingerprint density at radius 3 is 2.76 bits per heavy atom. The van der Waals surface area contributed by atoms with Gasteiger partial charge in [0.1, 0.15) is 12.5 Å². The molecule has 0 bridgehead atoms. The van der Waals surface area contributed by atoms with Crippen molar-refractivity contribution < 1.29 is 9.18 Å². The van der Waals surface area contributed by atoms with E-state index in [0.29, 0.717) is 31.6 Å². The van der Waals surface area contributed by atoms with Crippen molar-refractivity contribution in [2.45, 2.75) is 32.1 Å². The van der Waals surface area contributed by atoms with E-state index >= 15 is 0 Å². The maximum absolute atomic E-state index is 14.0. The topological polar surface area (TPSA) is 62.2 Å². The van der Waals surface area contributed by atoms with Crippen molar-refractivity contribution in [3.05, 3.63) is 53.9 Å². The summed E-state index contributed by atoms with van der Waals surface area (Å²) in [7, 11) is 1.75. The quantitative estimate of drug-likeness (QED) is 0.829. The highest BCUT2D eigenvalue weighted by molar-refractivity contribution is 5.93. The Morgan fingerprint density at radius 1 is 1.28 bits per heavy atom. The number of carbonyl (C=O) groups is 1. The number of pyridine rings is 1. The highest BCUT2D eigenvalue weighted by Gasteiger charge is 2.33. The number of aromatic nitrogens is 3. The molecule has 1 aliphatic rings. The van der Waals surface area contributed by atoms with Gasteiger partial charge in [0.25, 0.3) is 5.91 Å². The van der Waals surface area contributed by atoms with Crippen molar-refractivity contribution in [2.24, 2.45) is 0 Å². The third-order valence-electron chi connectivity index (χ3n) is 4.43. The number of likely N-dealkylation sites (N-methyl/N-ethyl adjacent to an activating group) is 1. The molecule has 0 unspecified atom stereocenters. The molecule has 6 nitrogen and oxygen atoms in total. The van der Waals surface area contributed by atoms with Gasteiger partial charge in [0.15, 0.2) is 0 Å². The second kappa shape index (κ2) is 7.65. The molecule has 0 aromatic carbocycles. The average molecular weight is 343 g/mol. The molecule has 25 heavy (non-hydrogen) atoms. The summed E-state index contributed by atoms with van der Waals surface area (Å²) in [6.07, 6.45) is 7.79. The van der Waals surface area contributed by atoms with E-state index in [-0.39, 0.29) is 11.9 Å². The molecule has 7 heteroatoms. The van der Waals surface area contributed by atoms with E-state index in [1.807, 2.05) is 13.0 Å². The first-order chi connectivity index (χ1) is 12.0. The van der Waals surface area contributed by atoms with E-state index in [9.17, 15) is 9.18 Å². The van der Waals surface area contributed by atoms with Crippen molar-refractivity contribution in [3.63, 3.8) is 0 Å². The fraction of sp³-hybridized carbons (Fsp3) is 0.444. The van der Waals surface area contributed by atoms with Crippen LogP contribution in [0.5, 0.6) is 0 Å². The Morgan fingerprint density at radius 2 is 2.04 bits per heavy atom. The SMILES string of the molecule is Cc1cncc(C(=O)N(C)C[C@@H]2C[C@H](F)CN2Cc2cncnc2)c1. The zero-order valence-corrected chi connectivity index (χ0v) is 14.5. The normalized spacial score (nSPS) is 20.6. The minimum absolute atomic E-state index is 0.0260. The van der Waals surface area contributed by atoms with Crippen LogP contribution in [0, 0.1) is 6.92 Å². The molecule has 2 aromatic heterocycles. The van der Waals surface area contributed by atoms with E-state index in [0.717, 1.165) is 11.1 Å². The molecule has 0 aliphatic carbocycles. The van der Waals surface area contributed by atoms with Gasteiger partial charge in [0.2, 0.25) is 0 Å². The second-order valence-corrected chi connectivity index (χ2v) is 6.60. The molecule has 0 spiro atoms. The van der Waals surface area contributed by atoms with Crippen LogP contribution in [0.3, 0.4) is 0 Å². The van der Waals surface area contributed by atoms with Gasteiger partial charge in [-0.1, -0.05) is 0 Å². The fourth-order valence-electron chi connectivity index (χ4n) is 3.24. The van der Waals surface area contributed by atoms with Crippen LogP contribution < -0.4 is 0 Å². The van der Waals surface area contributed by atoms with Gasteiger partial charge in [-0.15, -0.1) is 0 Å². The summed E-state index contributed by atoms with van der Waals surface area (Å²) in [5.41, 5.74) is 2.44. The summed E-state index contributed by atoms with van der Waals surface area (Å²) in [6.45, 7) is 3.33. The van der Waals surface area contributed by atoms with Gasteiger partial charge in [0.05, 0.1) is 5.56 Å². The minimum Gasteiger partial charge on any atom is -0.340 e. The van der Waals surface area contributed by atoms with Gasteiger partial charge in [-0.25, -0.2) is 14.4 Å². The maximum Gasteiger partial charge on any atom is 0.255 e. The molecule has 0 N–H and O–H groups in total. The Bertz CT molecular complexity index is 726. The number of alkyl halides is 1. The highest BCUT2D eigenvalue weighted by atomic mass is 19.1. The van der Waals surface area contributed by atoms with Gasteiger partial charge < -0.3 is 4.90 Å². The molecule has 3 heterocycles. The Balaban J connectivity index is 1.66. The summed E-state index contributed by atoms with van der Waals surface area (Å²) < 4.78 is 14.0. The van der Waals surface area contributed by atoms with Crippen LogP contribution in [0.4, 0.5) is 4.39 Å². The van der Waals surface area contributed by atoms with E-state index in [1.54, 1.807) is 36.7 Å². The number of nitrogens with zero attached hydrogens (tertiary/aromatic N) is 5. The molecule has 1 amide bonds. The van der Waals surface area contributed by atoms with Gasteiger partial charge >= 0.3 is 0 Å². The van der Waals surface area contributed by atoms with Crippen molar-refractivity contribution in [1.29, 1.82) is 0 Å². The second-order valence-electron chi connectivity index (χ2n) is 6.60. The van der Waals surface area contributed by atoms with Crippen LogP contribution in [0.15, 0.2) is 37.2 Å². The van der Waals surface area contributed by atoms with E-state index in [2.05, 4.69) is 19.9 Å². The molecule has 1 saturated heterocycles. The Hall–Kier alpha value is -2.41. The summed E-state index contributed by atoms with van der Waals surface area (Å²) in [5.74, 6) is -0.0958. The molecule has 1 aliphatic heterocycles. The van der Waals surface area contributed by atoms with Crippen molar-refractivity contribution in [3.8, 4) is 0 Å². The lowest BCUT2D eigenvalue weighted by Crippen LogP contribution is -2.41. The van der Waals surface area contributed by atoms with E-state index in [1.165, 1.54) is 6.33 Å². The largest absolute Gasteiger partial charge is 0.340 e. The first-order valence-electron chi connectivity index (χ1n) is 8.32. The molecular formula is C18H22FN5O. The number of halogens is 1. The third-order valence-corrected chi connectivity index (χ3v) is 4.43. The van der Waals surface area contributed by atoms with E-state index < -0.39 is 6.17 Å². The molecule has 132 valence electrons. The first-order valence-corrected chi connectivity index (χ1v) is 8.32. The number of hydrogen-bond donors (Lipinski definition) is 0. The molecule has 2 atom stereocenters. The third kappa shape index (κ3) is 4.36. The van der Waals surface area contributed by atoms with Gasteiger partial charge in [0, 0.05) is 63.1 Å². The number of carbonyl (C=O) groups excluding carboxylic acids is 1. The van der Waals surface area contributed by atoms with Crippen molar-refractivity contribution in [2.75, 3.05) is 20.1 Å². The predicted molar refractivity (Wildman–Crippen MR) is 91.7 cm³/mol. The highest BCUT2D eigenvalue weighted by Crippen LogP contribution is 2.23. The van der Waals surface area contributed by atoms with Crippen LogP contribution in [0.1, 0.15) is 27.9 Å². The summed E-state index contributed by atoms with van der Waals surface area (Å²) in [5, 5.41) is 0. The molecule has 2 aromatic rings. The van der Waals surface area contributed by atoms with Crippen LogP contribution in [-0.2, 0) is 6.54 Å². The molecule has 0 saturated carbocycles. The Kier molecular flexibility index (Phi) is 5.33. The number of aryl methyl sites for hydroxylation is 1. The van der Waals surface area contributed by atoms with Crippen molar-refractivity contribution >= 4 is 5.91 Å². The van der Waals surface area contributed by atoms with Crippen LogP contribution in [-0.4, -0.2) is 63.0 Å². The Labute approximate surface area is 146 Å². The van der Waals surface area contributed by atoms with Gasteiger partial charge in [-0.2, -0.15) is 0 Å². The average Bonchev–Trinajstić information content (AvgIpc) is 2.94. The first kappa shape index (κ1) is 17.4. The fourth-order valence-corrected chi connectivity index (χ4v) is 3.24. The smallest absolute Gasteiger partial charge is 0.255 e. The van der Waals surface area contributed by atoms with Crippen LogP contribution >= 0.6 is 0 Å². The number of amides is 1. The molecule has 0 radical (unpaired) electrons. The minimum atomic E-state index is -0.876. The van der Waals surface area contributed by atoms with E-state index in [4.69, 9.17) is 0 Å². The number of hydrogen-bond acceptors (Lipinski definition) is 5. The zero-order chi connectivity index (χ0) is 17.8. The number of rotatable bonds is 5. The standard InChI is InChI=1S/C18H22FN5O/c1-13-3-15(8-20-5-13)18(25)23(2)11-17-4-16(19)10-24(17)9-14-6-21-12-22-7-14/h3,5-8,12,16-17H,4,9-11H2,1-2H3/t16-,17-/m0/s1. The molecule has 1 fully saturated rings. The molecule has 3 rings (SSSR count). The van der Waals surface area contributed by atoms with Crippen LogP contribution in [0.25, 0.3) is 0 Å². The monoisotopic (exact) mass is 343 g/mol.